The predicted octanol–water partition coefficient (Wildman–Crippen LogP) is 20.7. The lowest BCUT2D eigenvalue weighted by atomic mass is 9.98. The van der Waals surface area contributed by atoms with Crippen LogP contribution >= 0.6 is 0 Å². The number of nitrogens with zero attached hydrogens (tertiary/aromatic N) is 8. The van der Waals surface area contributed by atoms with Gasteiger partial charge in [0.05, 0.1) is 101 Å². The molecule has 0 aliphatic carbocycles. The van der Waals surface area contributed by atoms with Crippen molar-refractivity contribution in [1.82, 2.24) is 18.3 Å². The molecule has 19 aromatic rings. The molecular formula is C82H42N8O2. The highest BCUT2D eigenvalue weighted by atomic mass is 16.3. The van der Waals surface area contributed by atoms with Crippen LogP contribution in [0.25, 0.3) is 176 Å². The van der Waals surface area contributed by atoms with Crippen LogP contribution in [0, 0.1) is 45.3 Å². The van der Waals surface area contributed by atoms with Crippen molar-refractivity contribution in [1.29, 1.82) is 21.0 Å². The smallest absolute Gasteiger partial charge is 0.145 e. The van der Waals surface area contributed by atoms with Gasteiger partial charge in [-0.05, 0) is 131 Å². The van der Waals surface area contributed by atoms with Gasteiger partial charge in [0.1, 0.15) is 45.6 Å². The molecule has 0 N–H and O–H groups in total. The molecule has 0 unspecified atom stereocenters. The van der Waals surface area contributed by atoms with E-state index < -0.39 is 0 Å². The average Bonchev–Trinajstić information content (AvgIpc) is 1.56. The summed E-state index contributed by atoms with van der Waals surface area (Å²) in [4.78, 5) is 0. The fourth-order valence-corrected chi connectivity index (χ4v) is 15.1. The van der Waals surface area contributed by atoms with Gasteiger partial charge in [0.15, 0.2) is 0 Å². The molecule has 0 saturated carbocycles. The molecular weight excluding hydrogens is 1130 g/mol. The molecule has 0 fully saturated rings. The van der Waals surface area contributed by atoms with Gasteiger partial charge in [-0.25, -0.2) is 0 Å². The molecule has 13 aromatic carbocycles. The van der Waals surface area contributed by atoms with Crippen LogP contribution in [-0.4, -0.2) is 18.3 Å². The van der Waals surface area contributed by atoms with Gasteiger partial charge in [-0.3, -0.25) is 0 Å². The number of rotatable bonds is 6. The molecule has 10 heteroatoms. The fraction of sp³-hybridized carbons (Fsp3) is 0. The van der Waals surface area contributed by atoms with Crippen molar-refractivity contribution in [2.45, 2.75) is 0 Å². The van der Waals surface area contributed by atoms with Crippen LogP contribution in [0.1, 0.15) is 22.3 Å². The third-order valence-electron chi connectivity index (χ3n) is 18.9. The van der Waals surface area contributed by atoms with Gasteiger partial charge in [-0.2, -0.15) is 21.0 Å². The van der Waals surface area contributed by atoms with Crippen molar-refractivity contribution in [3.8, 4) is 69.3 Å². The van der Waals surface area contributed by atoms with Crippen molar-refractivity contribution in [2.75, 3.05) is 0 Å². The second-order valence-corrected chi connectivity index (χ2v) is 23.5. The Labute approximate surface area is 522 Å². The van der Waals surface area contributed by atoms with E-state index in [1.807, 2.05) is 109 Å². The van der Waals surface area contributed by atoms with Gasteiger partial charge in [0.2, 0.25) is 0 Å². The number of benzene rings is 13. The lowest BCUT2D eigenvalue weighted by Gasteiger charge is -2.16. The number of aromatic nitrogens is 4. The van der Waals surface area contributed by atoms with Gasteiger partial charge >= 0.3 is 0 Å². The van der Waals surface area contributed by atoms with Crippen LogP contribution in [0.2, 0.25) is 0 Å². The van der Waals surface area contributed by atoms with Gasteiger partial charge in [-0.15, -0.1) is 0 Å². The molecule has 0 amide bonds. The number of nitriles is 4. The van der Waals surface area contributed by atoms with E-state index in [1.165, 1.54) is 0 Å². The van der Waals surface area contributed by atoms with Gasteiger partial charge in [-0.1, -0.05) is 146 Å². The van der Waals surface area contributed by atoms with E-state index in [9.17, 15) is 21.0 Å². The molecule has 92 heavy (non-hydrogen) atoms. The molecule has 6 heterocycles. The van der Waals surface area contributed by atoms with Crippen molar-refractivity contribution in [3.05, 3.63) is 277 Å². The Morgan fingerprint density at radius 2 is 0.652 bits per heavy atom. The van der Waals surface area contributed by atoms with E-state index in [1.54, 1.807) is 0 Å². The molecule has 0 atom stereocenters. The van der Waals surface area contributed by atoms with Crippen LogP contribution in [0.3, 0.4) is 0 Å². The topological polar surface area (TPSA) is 141 Å². The monoisotopic (exact) mass is 1170 g/mol. The number of hydrogen-bond donors (Lipinski definition) is 0. The Balaban J connectivity index is 0.818. The van der Waals surface area contributed by atoms with Crippen molar-refractivity contribution in [3.63, 3.8) is 0 Å². The number of hydrogen-bond acceptors (Lipinski definition) is 6. The molecule has 0 aliphatic rings. The lowest BCUT2D eigenvalue weighted by molar-refractivity contribution is 0.672. The average molecular weight is 1170 g/mol. The minimum atomic E-state index is 0.404. The first kappa shape index (κ1) is 50.7. The molecule has 19 rings (SSSR count). The Morgan fingerprint density at radius 1 is 0.250 bits per heavy atom. The van der Waals surface area contributed by atoms with E-state index >= 15 is 0 Å². The maximum Gasteiger partial charge on any atom is 0.145 e. The summed E-state index contributed by atoms with van der Waals surface area (Å²) in [5.74, 6) is 0. The van der Waals surface area contributed by atoms with Crippen LogP contribution < -0.4 is 0 Å². The van der Waals surface area contributed by atoms with E-state index in [0.717, 1.165) is 142 Å². The second-order valence-electron chi connectivity index (χ2n) is 23.5. The summed E-state index contributed by atoms with van der Waals surface area (Å²) in [6.45, 7) is 0. The number of fused-ring (bicyclic) bond motifs is 20. The summed E-state index contributed by atoms with van der Waals surface area (Å²) in [7, 11) is 0. The molecule has 0 aliphatic heterocycles. The maximum absolute atomic E-state index is 11.6. The van der Waals surface area contributed by atoms with Crippen molar-refractivity contribution in [2.24, 2.45) is 0 Å². The zero-order chi connectivity index (χ0) is 61.0. The Kier molecular flexibility index (Phi) is 10.5. The second kappa shape index (κ2) is 19.1. The summed E-state index contributed by atoms with van der Waals surface area (Å²) in [5, 5.41) is 56.5. The third kappa shape index (κ3) is 6.92. The SMILES string of the molecule is N#Cc1cc(-n2c3ccccc3c3ccccc32)c(C#N)c(-n2c3ccc(-c4ccccc4)cc3c3c4oc5cc(-c6cccc7c6c6ccccc6n7-c6cc(C#N)cc(-n7c8ccccc8c8c9oc%10ccccc%10c9ccc87)c6C#N)ccc5c4ccc32)c1. The fourth-order valence-electron chi connectivity index (χ4n) is 15.1. The molecule has 0 spiro atoms. The van der Waals surface area contributed by atoms with E-state index in [0.29, 0.717) is 56.2 Å². The Hall–Kier alpha value is -13.4. The summed E-state index contributed by atoms with van der Waals surface area (Å²) >= 11 is 0. The molecule has 0 bridgehead atoms. The summed E-state index contributed by atoms with van der Waals surface area (Å²) in [5.41, 5.74) is 17.9. The van der Waals surface area contributed by atoms with Gasteiger partial charge in [0, 0.05) is 53.9 Å². The number of furan rings is 2. The molecule has 422 valence electrons. The van der Waals surface area contributed by atoms with Crippen LogP contribution in [-0.2, 0) is 0 Å². The standard InChI is InChI=1S/C82H42N8O2/c83-43-47-37-72(87-64-23-9-4-17-53(64)54-18-5-10-24-65(54)87)62(45-85)75(40-47)90-68-34-30-50(49-15-2-1-3-16-49)41-61(68)80-71(90)36-33-58-56-31-29-51(42-77(56)92-82(58)80)52-22-14-27-69-78(52)59-20-6-11-25-66(59)88(69)73-38-48(44-84)39-74(63(73)46-86)89-67-26-12-7-21-60(67)79-70(89)35-32-57-55-19-8-13-28-76(55)91-81(57)79/h1-42H. The minimum absolute atomic E-state index is 0.404. The molecule has 0 radical (unpaired) electrons. The first-order valence-corrected chi connectivity index (χ1v) is 30.3. The van der Waals surface area contributed by atoms with Crippen LogP contribution in [0.4, 0.5) is 0 Å². The Bertz CT molecular complexity index is 6640. The van der Waals surface area contributed by atoms with E-state index in [-0.39, 0.29) is 0 Å². The van der Waals surface area contributed by atoms with Crippen LogP contribution in [0.5, 0.6) is 0 Å². The third-order valence-corrected chi connectivity index (χ3v) is 18.9. The van der Waals surface area contributed by atoms with Crippen LogP contribution in [0.15, 0.2) is 264 Å². The summed E-state index contributed by atoms with van der Waals surface area (Å²) in [6.07, 6.45) is 0. The van der Waals surface area contributed by atoms with E-state index in [2.05, 4.69) is 188 Å². The van der Waals surface area contributed by atoms with Crippen molar-refractivity contribution >= 4 is 131 Å². The Morgan fingerprint density at radius 3 is 1.22 bits per heavy atom. The van der Waals surface area contributed by atoms with Crippen molar-refractivity contribution < 1.29 is 8.83 Å². The largest absolute Gasteiger partial charge is 0.455 e. The normalized spacial score (nSPS) is 11.9. The molecule has 10 nitrogen and oxygen atoms in total. The van der Waals surface area contributed by atoms with Gasteiger partial charge < -0.3 is 27.1 Å². The first-order valence-electron chi connectivity index (χ1n) is 30.3. The highest BCUT2D eigenvalue weighted by Gasteiger charge is 2.28. The highest BCUT2D eigenvalue weighted by molar-refractivity contribution is 6.26. The zero-order valence-electron chi connectivity index (χ0n) is 48.6. The van der Waals surface area contributed by atoms with E-state index in [4.69, 9.17) is 8.83 Å². The first-order chi connectivity index (χ1) is 45.5. The van der Waals surface area contributed by atoms with Gasteiger partial charge in [0.25, 0.3) is 0 Å². The summed E-state index contributed by atoms with van der Waals surface area (Å²) < 4.78 is 22.4. The summed E-state index contributed by atoms with van der Waals surface area (Å²) in [6, 6.07) is 96.2. The molecule has 6 aromatic heterocycles. The predicted molar refractivity (Wildman–Crippen MR) is 368 cm³/mol. The zero-order valence-corrected chi connectivity index (χ0v) is 48.6. The minimum Gasteiger partial charge on any atom is -0.455 e. The molecule has 0 saturated heterocycles. The highest BCUT2D eigenvalue weighted by Crippen LogP contribution is 2.48. The lowest BCUT2D eigenvalue weighted by Crippen LogP contribution is -2.05. The number of para-hydroxylation sites is 5. The maximum atomic E-state index is 11.6. The quantitative estimate of drug-likeness (QED) is 0.162.